The van der Waals surface area contributed by atoms with Crippen molar-refractivity contribution in [3.8, 4) is 0 Å². The minimum atomic E-state index is -0.369. The molecule has 0 aromatic heterocycles. The molecule has 0 saturated heterocycles. The van der Waals surface area contributed by atoms with Crippen LogP contribution in [-0.4, -0.2) is 5.91 Å². The number of hydrogen-bond acceptors (Lipinski definition) is 1. The van der Waals surface area contributed by atoms with Crippen molar-refractivity contribution in [3.63, 3.8) is 0 Å². The van der Waals surface area contributed by atoms with Crippen molar-refractivity contribution < 1.29 is 4.79 Å². The predicted molar refractivity (Wildman–Crippen MR) is 71.5 cm³/mol. The zero-order valence-corrected chi connectivity index (χ0v) is 10.1. The van der Waals surface area contributed by atoms with E-state index in [1.54, 1.807) is 6.07 Å². The van der Waals surface area contributed by atoms with E-state index in [4.69, 9.17) is 5.73 Å². The average Bonchev–Trinajstić information content (AvgIpc) is 2.31. The van der Waals surface area contributed by atoms with Gasteiger partial charge in [-0.25, -0.2) is 0 Å². The molecule has 0 spiro atoms. The van der Waals surface area contributed by atoms with Gasteiger partial charge < -0.3 is 5.73 Å². The van der Waals surface area contributed by atoms with Gasteiger partial charge in [-0.3, -0.25) is 4.79 Å². The molecule has 3 heteroatoms. The van der Waals surface area contributed by atoms with Crippen molar-refractivity contribution in [3.05, 3.63) is 71.3 Å². The molecule has 0 atom stereocenters. The SMILES string of the molecule is Cl.NC(=O)c1ccccc1Cc1ccccc1. The van der Waals surface area contributed by atoms with E-state index in [1.165, 1.54) is 5.56 Å². The summed E-state index contributed by atoms with van der Waals surface area (Å²) in [6.45, 7) is 0. The van der Waals surface area contributed by atoms with Gasteiger partial charge in [0.25, 0.3) is 0 Å². The first-order chi connectivity index (χ1) is 7.77. The van der Waals surface area contributed by atoms with Gasteiger partial charge in [-0.1, -0.05) is 48.5 Å². The molecule has 0 aliphatic carbocycles. The number of carbonyl (C=O) groups is 1. The summed E-state index contributed by atoms with van der Waals surface area (Å²) in [4.78, 5) is 11.2. The number of halogens is 1. The lowest BCUT2D eigenvalue weighted by Crippen LogP contribution is -2.13. The highest BCUT2D eigenvalue weighted by molar-refractivity contribution is 5.94. The lowest BCUT2D eigenvalue weighted by molar-refractivity contribution is 0.0999. The van der Waals surface area contributed by atoms with Crippen LogP contribution < -0.4 is 5.73 Å². The Kier molecular flexibility index (Phi) is 4.73. The summed E-state index contributed by atoms with van der Waals surface area (Å²) >= 11 is 0. The predicted octanol–water partition coefficient (Wildman–Crippen LogP) is 2.80. The third-order valence-corrected chi connectivity index (χ3v) is 2.52. The molecule has 1 amide bonds. The summed E-state index contributed by atoms with van der Waals surface area (Å²) < 4.78 is 0. The topological polar surface area (TPSA) is 43.1 Å². The second-order valence-corrected chi connectivity index (χ2v) is 3.68. The highest BCUT2D eigenvalue weighted by atomic mass is 35.5. The molecule has 0 radical (unpaired) electrons. The van der Waals surface area contributed by atoms with Gasteiger partial charge in [0.15, 0.2) is 0 Å². The molecular weight excluding hydrogens is 234 g/mol. The maximum Gasteiger partial charge on any atom is 0.248 e. The summed E-state index contributed by atoms with van der Waals surface area (Å²) in [7, 11) is 0. The maximum absolute atomic E-state index is 11.2. The van der Waals surface area contributed by atoms with Crippen molar-refractivity contribution in [2.75, 3.05) is 0 Å². The third-order valence-electron chi connectivity index (χ3n) is 2.52. The van der Waals surface area contributed by atoms with Crippen LogP contribution in [0.15, 0.2) is 54.6 Å². The number of rotatable bonds is 3. The Labute approximate surface area is 107 Å². The monoisotopic (exact) mass is 247 g/mol. The van der Waals surface area contributed by atoms with Crippen molar-refractivity contribution in [1.82, 2.24) is 0 Å². The van der Waals surface area contributed by atoms with E-state index in [1.807, 2.05) is 48.5 Å². The van der Waals surface area contributed by atoms with Crippen LogP contribution in [0.1, 0.15) is 21.5 Å². The quantitative estimate of drug-likeness (QED) is 0.891. The third kappa shape index (κ3) is 3.33. The van der Waals surface area contributed by atoms with Crippen LogP contribution in [0.3, 0.4) is 0 Å². The Hall–Kier alpha value is -1.80. The minimum absolute atomic E-state index is 0. The molecule has 17 heavy (non-hydrogen) atoms. The first kappa shape index (κ1) is 13.3. The van der Waals surface area contributed by atoms with Crippen LogP contribution in [0.25, 0.3) is 0 Å². The second kappa shape index (κ2) is 6.06. The molecule has 0 aliphatic rings. The number of amides is 1. The van der Waals surface area contributed by atoms with E-state index in [2.05, 4.69) is 0 Å². The Morgan fingerprint density at radius 2 is 1.53 bits per heavy atom. The minimum Gasteiger partial charge on any atom is -0.366 e. The van der Waals surface area contributed by atoms with Crippen LogP contribution in [0.2, 0.25) is 0 Å². The van der Waals surface area contributed by atoms with Gasteiger partial charge in [0, 0.05) is 5.56 Å². The van der Waals surface area contributed by atoms with E-state index in [9.17, 15) is 4.79 Å². The molecule has 0 bridgehead atoms. The van der Waals surface area contributed by atoms with Crippen molar-refractivity contribution in [2.24, 2.45) is 5.73 Å². The van der Waals surface area contributed by atoms with Crippen molar-refractivity contribution in [2.45, 2.75) is 6.42 Å². The number of nitrogens with two attached hydrogens (primary N) is 1. The fourth-order valence-electron chi connectivity index (χ4n) is 1.73. The van der Waals surface area contributed by atoms with E-state index in [0.29, 0.717) is 5.56 Å². The van der Waals surface area contributed by atoms with E-state index < -0.39 is 0 Å². The first-order valence-corrected chi connectivity index (χ1v) is 5.19. The molecule has 2 N–H and O–H groups in total. The normalized spacial score (nSPS) is 9.41. The largest absolute Gasteiger partial charge is 0.366 e. The molecular formula is C14H14ClNO. The van der Waals surface area contributed by atoms with Gasteiger partial charge in [0.1, 0.15) is 0 Å². The maximum atomic E-state index is 11.2. The molecule has 0 fully saturated rings. The Morgan fingerprint density at radius 1 is 0.941 bits per heavy atom. The van der Waals surface area contributed by atoms with Gasteiger partial charge in [-0.2, -0.15) is 0 Å². The second-order valence-electron chi connectivity index (χ2n) is 3.68. The molecule has 2 aromatic carbocycles. The molecule has 0 aliphatic heterocycles. The van der Waals surface area contributed by atoms with Crippen LogP contribution in [-0.2, 0) is 6.42 Å². The van der Waals surface area contributed by atoms with E-state index in [-0.39, 0.29) is 18.3 Å². The van der Waals surface area contributed by atoms with E-state index >= 15 is 0 Å². The van der Waals surface area contributed by atoms with Gasteiger partial charge in [0.2, 0.25) is 5.91 Å². The smallest absolute Gasteiger partial charge is 0.248 e. The summed E-state index contributed by atoms with van der Waals surface area (Å²) in [5.74, 6) is -0.369. The Morgan fingerprint density at radius 3 is 2.18 bits per heavy atom. The summed E-state index contributed by atoms with van der Waals surface area (Å²) in [6.07, 6.45) is 0.736. The number of benzene rings is 2. The number of hydrogen-bond donors (Lipinski definition) is 1. The molecule has 2 rings (SSSR count). The van der Waals surface area contributed by atoms with Gasteiger partial charge >= 0.3 is 0 Å². The molecule has 0 heterocycles. The highest BCUT2D eigenvalue weighted by Crippen LogP contribution is 2.13. The van der Waals surface area contributed by atoms with E-state index in [0.717, 1.165) is 12.0 Å². The summed E-state index contributed by atoms with van der Waals surface area (Å²) in [5, 5.41) is 0. The fraction of sp³-hybridized carbons (Fsp3) is 0.0714. The number of primary amides is 1. The zero-order chi connectivity index (χ0) is 11.4. The summed E-state index contributed by atoms with van der Waals surface area (Å²) in [5.41, 5.74) is 8.08. The lowest BCUT2D eigenvalue weighted by atomic mass is 9.99. The molecule has 2 aromatic rings. The number of carbonyl (C=O) groups excluding carboxylic acids is 1. The van der Waals surface area contributed by atoms with Gasteiger partial charge in [0.05, 0.1) is 0 Å². The highest BCUT2D eigenvalue weighted by Gasteiger charge is 2.06. The van der Waals surface area contributed by atoms with Gasteiger partial charge in [-0.15, -0.1) is 12.4 Å². The lowest BCUT2D eigenvalue weighted by Gasteiger charge is -2.06. The van der Waals surface area contributed by atoms with Crippen molar-refractivity contribution in [1.29, 1.82) is 0 Å². The molecule has 2 nitrogen and oxygen atoms in total. The van der Waals surface area contributed by atoms with Crippen LogP contribution in [0.4, 0.5) is 0 Å². The molecule has 0 unspecified atom stereocenters. The fourth-order valence-corrected chi connectivity index (χ4v) is 1.73. The van der Waals surface area contributed by atoms with Crippen LogP contribution in [0.5, 0.6) is 0 Å². The van der Waals surface area contributed by atoms with Crippen molar-refractivity contribution >= 4 is 18.3 Å². The summed E-state index contributed by atoms with van der Waals surface area (Å²) in [6, 6.07) is 17.5. The van der Waals surface area contributed by atoms with Crippen LogP contribution in [0, 0.1) is 0 Å². The Balaban J connectivity index is 0.00000144. The van der Waals surface area contributed by atoms with Crippen LogP contribution >= 0.6 is 12.4 Å². The first-order valence-electron chi connectivity index (χ1n) is 5.19. The average molecular weight is 248 g/mol. The Bertz CT molecular complexity index is 497. The standard InChI is InChI=1S/C14H13NO.ClH/c15-14(16)13-9-5-4-8-12(13)10-11-6-2-1-3-7-11;/h1-9H,10H2,(H2,15,16);1H. The molecule has 0 saturated carbocycles. The molecule has 88 valence electrons. The van der Waals surface area contributed by atoms with Gasteiger partial charge in [-0.05, 0) is 23.6 Å². The zero-order valence-electron chi connectivity index (χ0n) is 9.30.